The summed E-state index contributed by atoms with van der Waals surface area (Å²) in [5, 5.41) is 0. The third-order valence-corrected chi connectivity index (χ3v) is 2.16. The van der Waals surface area contributed by atoms with Crippen LogP contribution in [-0.4, -0.2) is 19.2 Å². The molecule has 2 rings (SSSR count). The highest BCUT2D eigenvalue weighted by Gasteiger charge is 2.23. The van der Waals surface area contributed by atoms with Crippen LogP contribution in [0.5, 0.6) is 5.75 Å². The fourth-order valence-electron chi connectivity index (χ4n) is 1.50. The third-order valence-electron chi connectivity index (χ3n) is 2.16. The Labute approximate surface area is 90.7 Å². The van der Waals surface area contributed by atoms with Gasteiger partial charge in [-0.1, -0.05) is 18.2 Å². The van der Waals surface area contributed by atoms with E-state index in [-0.39, 0.29) is 11.8 Å². The molecule has 1 unspecified atom stereocenters. The summed E-state index contributed by atoms with van der Waals surface area (Å²) in [6, 6.07) is 6.50. The molecule has 6 heteroatoms. The lowest BCUT2D eigenvalue weighted by molar-refractivity contribution is -0.0512. The lowest BCUT2D eigenvalue weighted by atomic mass is 10.1. The van der Waals surface area contributed by atoms with Crippen LogP contribution in [-0.2, 0) is 4.74 Å². The Morgan fingerprint density at radius 3 is 2.81 bits per heavy atom. The van der Waals surface area contributed by atoms with Crippen LogP contribution in [0.1, 0.15) is 11.7 Å². The van der Waals surface area contributed by atoms with Crippen molar-refractivity contribution in [3.8, 4) is 5.75 Å². The summed E-state index contributed by atoms with van der Waals surface area (Å²) in [4.78, 5) is 3.84. The Balaban J connectivity index is 2.20. The normalized spacial score (nSPS) is 19.4. The number of nitrogens with zero attached hydrogens (tertiary/aromatic N) is 1. The van der Waals surface area contributed by atoms with Gasteiger partial charge in [0.25, 0.3) is 6.02 Å². The molecule has 0 fully saturated rings. The van der Waals surface area contributed by atoms with E-state index in [1.165, 1.54) is 6.07 Å². The lowest BCUT2D eigenvalue weighted by Gasteiger charge is -2.14. The first kappa shape index (κ1) is 10.7. The van der Waals surface area contributed by atoms with Gasteiger partial charge < -0.3 is 15.2 Å². The summed E-state index contributed by atoms with van der Waals surface area (Å²) in [7, 11) is 0. The van der Waals surface area contributed by atoms with Crippen LogP contribution >= 0.6 is 0 Å². The first-order chi connectivity index (χ1) is 7.66. The van der Waals surface area contributed by atoms with Gasteiger partial charge in [-0.05, 0) is 6.07 Å². The van der Waals surface area contributed by atoms with Crippen LogP contribution in [0.2, 0.25) is 0 Å². The van der Waals surface area contributed by atoms with Gasteiger partial charge in [-0.15, -0.1) is 0 Å². The minimum absolute atomic E-state index is 0.0665. The first-order valence-electron chi connectivity index (χ1n) is 4.67. The molecule has 0 saturated heterocycles. The minimum atomic E-state index is -2.86. The van der Waals surface area contributed by atoms with Crippen LogP contribution in [0.25, 0.3) is 0 Å². The van der Waals surface area contributed by atoms with Gasteiger partial charge in [0, 0.05) is 5.56 Å². The summed E-state index contributed by atoms with van der Waals surface area (Å²) in [5.74, 6) is 0.0902. The Morgan fingerprint density at radius 2 is 2.19 bits per heavy atom. The highest BCUT2D eigenvalue weighted by Crippen LogP contribution is 2.30. The molecule has 2 N–H and O–H groups in total. The molecule has 16 heavy (non-hydrogen) atoms. The van der Waals surface area contributed by atoms with E-state index < -0.39 is 12.7 Å². The quantitative estimate of drug-likeness (QED) is 0.856. The Hall–Kier alpha value is -1.85. The van der Waals surface area contributed by atoms with E-state index in [0.717, 1.165) is 0 Å². The number of aliphatic imine (C=N–C) groups is 1. The van der Waals surface area contributed by atoms with Crippen molar-refractivity contribution in [1.29, 1.82) is 0 Å². The number of para-hydroxylation sites is 1. The maximum Gasteiger partial charge on any atom is 0.387 e. The van der Waals surface area contributed by atoms with E-state index in [9.17, 15) is 8.78 Å². The summed E-state index contributed by atoms with van der Waals surface area (Å²) in [6.45, 7) is -2.55. The zero-order valence-electron chi connectivity index (χ0n) is 8.27. The van der Waals surface area contributed by atoms with Gasteiger partial charge >= 0.3 is 6.61 Å². The van der Waals surface area contributed by atoms with Crippen LogP contribution in [0, 0.1) is 0 Å². The standard InChI is InChI=1S/C10H10F2N2O2/c11-9(12)15-7-4-2-1-3-6(7)8-5-14-10(13)16-8/h1-4,8-9H,5H2,(H2,13,14). The van der Waals surface area contributed by atoms with Crippen LogP contribution in [0.3, 0.4) is 0 Å². The Kier molecular flexibility index (Phi) is 2.89. The fourth-order valence-corrected chi connectivity index (χ4v) is 1.50. The van der Waals surface area contributed by atoms with Crippen molar-refractivity contribution >= 4 is 6.02 Å². The van der Waals surface area contributed by atoms with Gasteiger partial charge in [0.15, 0.2) is 6.10 Å². The molecule has 0 bridgehead atoms. The van der Waals surface area contributed by atoms with E-state index in [1.54, 1.807) is 18.2 Å². The van der Waals surface area contributed by atoms with E-state index >= 15 is 0 Å². The Morgan fingerprint density at radius 1 is 1.44 bits per heavy atom. The molecule has 1 aliphatic rings. The second kappa shape index (κ2) is 4.34. The topological polar surface area (TPSA) is 56.8 Å². The highest BCUT2D eigenvalue weighted by molar-refractivity contribution is 5.73. The summed E-state index contributed by atoms with van der Waals surface area (Å²) in [5.41, 5.74) is 5.87. The van der Waals surface area contributed by atoms with Crippen molar-refractivity contribution in [2.24, 2.45) is 10.7 Å². The largest absolute Gasteiger partial charge is 0.455 e. The molecule has 0 spiro atoms. The molecule has 86 valence electrons. The molecule has 1 aromatic carbocycles. The molecule has 0 amide bonds. The van der Waals surface area contributed by atoms with Crippen molar-refractivity contribution in [2.45, 2.75) is 12.7 Å². The van der Waals surface area contributed by atoms with Gasteiger partial charge in [-0.25, -0.2) is 4.99 Å². The second-order valence-corrected chi connectivity index (χ2v) is 3.20. The molecule has 0 aromatic heterocycles. The molecule has 4 nitrogen and oxygen atoms in total. The zero-order chi connectivity index (χ0) is 11.5. The van der Waals surface area contributed by atoms with Crippen molar-refractivity contribution in [2.75, 3.05) is 6.54 Å². The number of hydrogen-bond donors (Lipinski definition) is 1. The van der Waals surface area contributed by atoms with E-state index in [1.807, 2.05) is 0 Å². The van der Waals surface area contributed by atoms with Crippen molar-refractivity contribution < 1.29 is 18.3 Å². The molecule has 1 heterocycles. The first-order valence-corrected chi connectivity index (χ1v) is 4.67. The minimum Gasteiger partial charge on any atom is -0.455 e. The average Bonchev–Trinajstić information content (AvgIpc) is 2.65. The van der Waals surface area contributed by atoms with Gasteiger partial charge in [0.2, 0.25) is 0 Å². The van der Waals surface area contributed by atoms with Crippen LogP contribution in [0.4, 0.5) is 8.78 Å². The van der Waals surface area contributed by atoms with Crippen molar-refractivity contribution in [3.05, 3.63) is 29.8 Å². The lowest BCUT2D eigenvalue weighted by Crippen LogP contribution is -2.14. The number of nitrogens with two attached hydrogens (primary N) is 1. The molecule has 1 atom stereocenters. The van der Waals surface area contributed by atoms with Gasteiger partial charge in [0.05, 0.1) is 6.54 Å². The van der Waals surface area contributed by atoms with Gasteiger partial charge in [-0.2, -0.15) is 8.78 Å². The monoisotopic (exact) mass is 228 g/mol. The number of amidine groups is 1. The second-order valence-electron chi connectivity index (χ2n) is 3.20. The molecule has 1 aromatic rings. The summed E-state index contributed by atoms with van der Waals surface area (Å²) >= 11 is 0. The highest BCUT2D eigenvalue weighted by atomic mass is 19.3. The maximum absolute atomic E-state index is 12.1. The number of hydrogen-bond acceptors (Lipinski definition) is 4. The average molecular weight is 228 g/mol. The number of alkyl halides is 2. The number of benzene rings is 1. The van der Waals surface area contributed by atoms with E-state index in [4.69, 9.17) is 10.5 Å². The summed E-state index contributed by atoms with van der Waals surface area (Å²) < 4.78 is 33.9. The van der Waals surface area contributed by atoms with Gasteiger partial charge in [0.1, 0.15) is 5.75 Å². The number of halogens is 2. The van der Waals surface area contributed by atoms with Crippen LogP contribution < -0.4 is 10.5 Å². The molecule has 0 radical (unpaired) electrons. The van der Waals surface area contributed by atoms with Gasteiger partial charge in [-0.3, -0.25) is 0 Å². The molecular weight excluding hydrogens is 218 g/mol. The number of rotatable bonds is 3. The molecule has 0 saturated carbocycles. The smallest absolute Gasteiger partial charge is 0.387 e. The predicted octanol–water partition coefficient (Wildman–Crippen LogP) is 1.67. The molecule has 1 aliphatic heterocycles. The summed E-state index contributed by atoms with van der Waals surface area (Å²) in [6.07, 6.45) is -0.449. The maximum atomic E-state index is 12.1. The fraction of sp³-hybridized carbons (Fsp3) is 0.300. The number of ether oxygens (including phenoxy) is 2. The molecule has 0 aliphatic carbocycles. The van der Waals surface area contributed by atoms with E-state index in [2.05, 4.69) is 9.73 Å². The Bertz CT molecular complexity index is 410. The zero-order valence-corrected chi connectivity index (χ0v) is 8.27. The third kappa shape index (κ3) is 2.21. The molecular formula is C10H10F2N2O2. The van der Waals surface area contributed by atoms with Crippen molar-refractivity contribution in [1.82, 2.24) is 0 Å². The van der Waals surface area contributed by atoms with E-state index in [0.29, 0.717) is 12.1 Å². The SMILES string of the molecule is NC1=NCC(c2ccccc2OC(F)F)O1. The van der Waals surface area contributed by atoms with Crippen molar-refractivity contribution in [3.63, 3.8) is 0 Å². The predicted molar refractivity (Wildman–Crippen MR) is 53.4 cm³/mol. The van der Waals surface area contributed by atoms with Crippen LogP contribution in [0.15, 0.2) is 29.3 Å².